The first-order chi connectivity index (χ1) is 3.41. The minimum Gasteiger partial charge on any atom is -0.179 e. The van der Waals surface area contributed by atoms with Crippen LogP contribution in [-0.2, 0) is 0 Å². The molecule has 0 aromatic heterocycles. The Hall–Kier alpha value is 0.830. The summed E-state index contributed by atoms with van der Waals surface area (Å²) in [6.07, 6.45) is 5.35. The van der Waals surface area contributed by atoms with E-state index in [0.29, 0.717) is 0 Å². The van der Waals surface area contributed by atoms with Crippen molar-refractivity contribution in [1.29, 1.82) is 0 Å². The van der Waals surface area contributed by atoms with Crippen molar-refractivity contribution < 1.29 is 0 Å². The second-order valence-electron chi connectivity index (χ2n) is 1.78. The number of halogens is 1. The maximum absolute atomic E-state index is 4.09. The summed E-state index contributed by atoms with van der Waals surface area (Å²) in [6, 6.07) is 0. The van der Waals surface area contributed by atoms with Crippen LogP contribution in [0.25, 0.3) is 0 Å². The monoisotopic (exact) mass is 198 g/mol. The lowest BCUT2D eigenvalue weighted by atomic mass is 10.2. The summed E-state index contributed by atoms with van der Waals surface area (Å²) in [7, 11) is 0. The zero-order chi connectivity index (χ0) is 5.54. The van der Waals surface area contributed by atoms with Gasteiger partial charge < -0.3 is 0 Å². The Kier molecular flexibility index (Phi) is 15.6. The van der Waals surface area contributed by atoms with Crippen molar-refractivity contribution in [3.05, 3.63) is 0 Å². The van der Waals surface area contributed by atoms with Gasteiger partial charge in [-0.15, -0.1) is 17.0 Å². The van der Waals surface area contributed by atoms with Gasteiger partial charge in [0.1, 0.15) is 0 Å². The van der Waals surface area contributed by atoms with E-state index in [4.69, 9.17) is 0 Å². The van der Waals surface area contributed by atoms with Crippen molar-refractivity contribution in [2.75, 3.05) is 5.75 Å². The van der Waals surface area contributed by atoms with Gasteiger partial charge in [-0.25, -0.2) is 0 Å². The third kappa shape index (κ3) is 9.95. The second-order valence-corrected chi connectivity index (χ2v) is 2.23. The number of hydrogen-bond acceptors (Lipinski definition) is 1. The van der Waals surface area contributed by atoms with Crippen LogP contribution in [0.3, 0.4) is 0 Å². The van der Waals surface area contributed by atoms with E-state index in [1.165, 1.54) is 25.7 Å². The van der Waals surface area contributed by atoms with Crippen LogP contribution >= 0.6 is 29.6 Å². The van der Waals surface area contributed by atoms with Gasteiger partial charge in [0.25, 0.3) is 0 Å². The smallest absolute Gasteiger partial charge is 0.00979 e. The lowest BCUT2D eigenvalue weighted by Crippen LogP contribution is -1.74. The van der Waals surface area contributed by atoms with E-state index >= 15 is 0 Å². The van der Waals surface area contributed by atoms with Crippen molar-refractivity contribution in [3.8, 4) is 0 Å². The van der Waals surface area contributed by atoms with E-state index in [0.717, 1.165) is 5.75 Å². The number of rotatable bonds is 4. The van der Waals surface area contributed by atoms with Crippen LogP contribution in [0, 0.1) is 0 Å². The summed E-state index contributed by atoms with van der Waals surface area (Å²) in [4.78, 5) is 0. The van der Waals surface area contributed by atoms with E-state index < -0.39 is 0 Å². The zero-order valence-electron chi connectivity index (χ0n) is 5.39. The Morgan fingerprint density at radius 1 is 1.12 bits per heavy atom. The van der Waals surface area contributed by atoms with E-state index in [-0.39, 0.29) is 17.0 Å². The summed E-state index contributed by atoms with van der Waals surface area (Å²) in [5.74, 6) is 1.06. The third-order valence-corrected chi connectivity index (χ3v) is 1.33. The van der Waals surface area contributed by atoms with Gasteiger partial charge in [0.05, 0.1) is 0 Å². The predicted molar refractivity (Wildman–Crippen MR) is 48.3 cm³/mol. The molecule has 0 aliphatic carbocycles. The van der Waals surface area contributed by atoms with Crippen LogP contribution in [-0.4, -0.2) is 5.75 Å². The highest BCUT2D eigenvalue weighted by atomic mass is 79.9. The lowest BCUT2D eigenvalue weighted by Gasteiger charge is -1.90. The van der Waals surface area contributed by atoms with Crippen LogP contribution in [0.1, 0.15) is 32.6 Å². The predicted octanol–water partition coefficient (Wildman–Crippen LogP) is 3.07. The van der Waals surface area contributed by atoms with Gasteiger partial charge in [-0.2, -0.15) is 12.6 Å². The Bertz CT molecular complexity index is 27.7. The molecule has 0 aromatic rings. The fraction of sp³-hybridized carbons (Fsp3) is 1.00. The zero-order valence-corrected chi connectivity index (χ0v) is 8.00. The Morgan fingerprint density at radius 3 is 2.12 bits per heavy atom. The first kappa shape index (κ1) is 11.6. The van der Waals surface area contributed by atoms with Crippen LogP contribution in [0.15, 0.2) is 0 Å². The molecule has 52 valence electrons. The summed E-state index contributed by atoms with van der Waals surface area (Å²) >= 11 is 4.09. The molecule has 2 heteroatoms. The molecule has 0 unspecified atom stereocenters. The molecule has 0 heterocycles. The van der Waals surface area contributed by atoms with E-state index in [1.807, 2.05) is 0 Å². The van der Waals surface area contributed by atoms with Gasteiger partial charge in [0.15, 0.2) is 0 Å². The Balaban J connectivity index is 0. The van der Waals surface area contributed by atoms with Crippen molar-refractivity contribution in [2.24, 2.45) is 0 Å². The summed E-state index contributed by atoms with van der Waals surface area (Å²) in [6.45, 7) is 2.22. The van der Waals surface area contributed by atoms with Crippen LogP contribution < -0.4 is 0 Å². The molecular formula is C6H15BrS. The molecule has 0 saturated heterocycles. The molecule has 0 atom stereocenters. The van der Waals surface area contributed by atoms with Crippen LogP contribution in [0.5, 0.6) is 0 Å². The quantitative estimate of drug-likeness (QED) is 0.522. The normalized spacial score (nSPS) is 8.25. The average molecular weight is 199 g/mol. The van der Waals surface area contributed by atoms with Gasteiger partial charge in [0, 0.05) is 0 Å². The molecule has 0 N–H and O–H groups in total. The first-order valence-corrected chi connectivity index (χ1v) is 3.66. The molecule has 0 fully saturated rings. The molecule has 0 amide bonds. The topological polar surface area (TPSA) is 0 Å². The second kappa shape index (κ2) is 10.7. The molecular weight excluding hydrogens is 184 g/mol. The molecule has 0 aromatic carbocycles. The standard InChI is InChI=1S/C6H14S.BrH/c1-2-3-4-5-6-7;/h7H,2-6H2,1H3;1H. The molecule has 0 spiro atoms. The highest BCUT2D eigenvalue weighted by Gasteiger charge is 1.80. The highest BCUT2D eigenvalue weighted by molar-refractivity contribution is 8.93. The molecule has 0 saturated carbocycles. The lowest BCUT2D eigenvalue weighted by molar-refractivity contribution is 0.707. The van der Waals surface area contributed by atoms with E-state index in [9.17, 15) is 0 Å². The summed E-state index contributed by atoms with van der Waals surface area (Å²) in [5, 5.41) is 0. The largest absolute Gasteiger partial charge is 0.179 e. The van der Waals surface area contributed by atoms with E-state index in [1.54, 1.807) is 0 Å². The fourth-order valence-corrected chi connectivity index (χ4v) is 0.762. The molecule has 0 radical (unpaired) electrons. The molecule has 0 aliphatic rings. The molecule has 0 rings (SSSR count). The van der Waals surface area contributed by atoms with Gasteiger partial charge in [-0.05, 0) is 12.2 Å². The molecule has 0 aliphatic heterocycles. The van der Waals surface area contributed by atoms with Crippen LogP contribution in [0.4, 0.5) is 0 Å². The average Bonchev–Trinajstić information content (AvgIpc) is 1.69. The maximum atomic E-state index is 4.09. The van der Waals surface area contributed by atoms with Crippen LogP contribution in [0.2, 0.25) is 0 Å². The number of hydrogen-bond donors (Lipinski definition) is 1. The number of thiol groups is 1. The van der Waals surface area contributed by atoms with Crippen molar-refractivity contribution in [1.82, 2.24) is 0 Å². The van der Waals surface area contributed by atoms with Gasteiger partial charge in [-0.3, -0.25) is 0 Å². The maximum Gasteiger partial charge on any atom is -0.00979 e. The Morgan fingerprint density at radius 2 is 1.75 bits per heavy atom. The van der Waals surface area contributed by atoms with Crippen molar-refractivity contribution in [3.63, 3.8) is 0 Å². The molecule has 0 nitrogen and oxygen atoms in total. The van der Waals surface area contributed by atoms with Gasteiger partial charge >= 0.3 is 0 Å². The minimum absolute atomic E-state index is 0. The van der Waals surface area contributed by atoms with Gasteiger partial charge in [-0.1, -0.05) is 26.2 Å². The molecule has 8 heavy (non-hydrogen) atoms. The van der Waals surface area contributed by atoms with Crippen molar-refractivity contribution in [2.45, 2.75) is 32.6 Å². The summed E-state index contributed by atoms with van der Waals surface area (Å²) in [5.41, 5.74) is 0. The van der Waals surface area contributed by atoms with Gasteiger partial charge in [0.2, 0.25) is 0 Å². The fourth-order valence-electron chi connectivity index (χ4n) is 0.539. The van der Waals surface area contributed by atoms with Crippen molar-refractivity contribution >= 4 is 29.6 Å². The SMILES string of the molecule is Br.CCCCCCS. The highest BCUT2D eigenvalue weighted by Crippen LogP contribution is 1.98. The minimum atomic E-state index is 0. The molecule has 0 bridgehead atoms. The first-order valence-electron chi connectivity index (χ1n) is 3.02. The number of unbranched alkanes of at least 4 members (excludes halogenated alkanes) is 3. The van der Waals surface area contributed by atoms with E-state index in [2.05, 4.69) is 19.6 Å². The Labute approximate surface area is 68.2 Å². The summed E-state index contributed by atoms with van der Waals surface area (Å²) < 4.78 is 0. The third-order valence-electron chi connectivity index (χ3n) is 1.01.